The molecular formula is C13H13N3O3. The van der Waals surface area contributed by atoms with E-state index in [9.17, 15) is 9.59 Å². The summed E-state index contributed by atoms with van der Waals surface area (Å²) >= 11 is 0. The predicted molar refractivity (Wildman–Crippen MR) is 68.0 cm³/mol. The van der Waals surface area contributed by atoms with Crippen molar-refractivity contribution in [2.45, 2.75) is 6.42 Å². The molecule has 0 aliphatic carbocycles. The molecule has 1 amide bonds. The summed E-state index contributed by atoms with van der Waals surface area (Å²) in [6.07, 6.45) is 5.71. The van der Waals surface area contributed by atoms with Crippen molar-refractivity contribution in [3.8, 4) is 0 Å². The van der Waals surface area contributed by atoms with Crippen molar-refractivity contribution >= 4 is 11.9 Å². The van der Waals surface area contributed by atoms with Crippen LogP contribution in [0.25, 0.3) is 0 Å². The maximum Gasteiger partial charge on any atom is 0.354 e. The molecule has 0 bridgehead atoms. The number of pyridine rings is 1. The molecule has 0 aliphatic rings. The van der Waals surface area contributed by atoms with Crippen molar-refractivity contribution in [1.29, 1.82) is 0 Å². The predicted octanol–water partition coefficient (Wildman–Crippen LogP) is 1.08. The Kier molecular flexibility index (Phi) is 3.92. The highest BCUT2D eigenvalue weighted by atomic mass is 16.4. The smallest absolute Gasteiger partial charge is 0.354 e. The van der Waals surface area contributed by atoms with Crippen LogP contribution in [0.3, 0.4) is 0 Å². The van der Waals surface area contributed by atoms with E-state index in [-0.39, 0.29) is 11.6 Å². The summed E-state index contributed by atoms with van der Waals surface area (Å²) in [5, 5.41) is 11.5. The molecule has 0 aliphatic heterocycles. The highest BCUT2D eigenvalue weighted by Crippen LogP contribution is 2.02. The minimum atomic E-state index is -1.15. The van der Waals surface area contributed by atoms with Crippen LogP contribution in [0.1, 0.15) is 26.4 Å². The van der Waals surface area contributed by atoms with E-state index in [0.717, 1.165) is 5.56 Å². The van der Waals surface area contributed by atoms with E-state index >= 15 is 0 Å². The Morgan fingerprint density at radius 2 is 2.21 bits per heavy atom. The standard InChI is InChI=1S/C13H13N3O3/c17-12(16-5-2-9-1-4-14-8-9)10-3-6-15-11(7-10)13(18)19/h1,3-4,6-8,14H,2,5H2,(H,16,17)(H,18,19). The highest BCUT2D eigenvalue weighted by Gasteiger charge is 2.10. The lowest BCUT2D eigenvalue weighted by Gasteiger charge is -2.04. The number of H-pyrrole nitrogens is 1. The summed E-state index contributed by atoms with van der Waals surface area (Å²) in [5.74, 6) is -1.46. The van der Waals surface area contributed by atoms with Gasteiger partial charge in [-0.05, 0) is 30.2 Å². The first kappa shape index (κ1) is 12.8. The zero-order valence-electron chi connectivity index (χ0n) is 10.1. The van der Waals surface area contributed by atoms with E-state index in [0.29, 0.717) is 18.5 Å². The van der Waals surface area contributed by atoms with E-state index in [1.807, 2.05) is 18.5 Å². The van der Waals surface area contributed by atoms with Gasteiger partial charge in [-0.3, -0.25) is 4.79 Å². The summed E-state index contributed by atoms with van der Waals surface area (Å²) < 4.78 is 0. The summed E-state index contributed by atoms with van der Waals surface area (Å²) in [4.78, 5) is 29.1. The third-order valence-corrected chi connectivity index (χ3v) is 2.60. The first-order valence-corrected chi connectivity index (χ1v) is 5.76. The molecule has 19 heavy (non-hydrogen) atoms. The minimum Gasteiger partial charge on any atom is -0.477 e. The number of carboxylic acids is 1. The van der Waals surface area contributed by atoms with Crippen LogP contribution in [0.2, 0.25) is 0 Å². The van der Waals surface area contributed by atoms with Crippen LogP contribution in [0, 0.1) is 0 Å². The van der Waals surface area contributed by atoms with E-state index in [2.05, 4.69) is 15.3 Å². The van der Waals surface area contributed by atoms with Crippen LogP contribution in [0.4, 0.5) is 0 Å². The summed E-state index contributed by atoms with van der Waals surface area (Å²) in [7, 11) is 0. The fraction of sp³-hybridized carbons (Fsp3) is 0.154. The first-order valence-electron chi connectivity index (χ1n) is 5.76. The van der Waals surface area contributed by atoms with Crippen molar-refractivity contribution in [2.75, 3.05) is 6.54 Å². The normalized spacial score (nSPS) is 10.1. The quantitative estimate of drug-likeness (QED) is 0.748. The summed E-state index contributed by atoms with van der Waals surface area (Å²) in [5.41, 5.74) is 1.25. The molecule has 3 N–H and O–H groups in total. The number of nitrogens with one attached hydrogen (secondary N) is 2. The van der Waals surface area contributed by atoms with Crippen molar-refractivity contribution < 1.29 is 14.7 Å². The monoisotopic (exact) mass is 259 g/mol. The van der Waals surface area contributed by atoms with E-state index < -0.39 is 5.97 Å². The van der Waals surface area contributed by atoms with Gasteiger partial charge in [0.2, 0.25) is 0 Å². The Morgan fingerprint density at radius 3 is 2.89 bits per heavy atom. The van der Waals surface area contributed by atoms with Gasteiger partial charge in [0.1, 0.15) is 5.69 Å². The lowest BCUT2D eigenvalue weighted by molar-refractivity contribution is 0.0690. The summed E-state index contributed by atoms with van der Waals surface area (Å²) in [6, 6.07) is 4.67. The van der Waals surface area contributed by atoms with Gasteiger partial charge in [0.15, 0.2) is 0 Å². The molecule has 0 spiro atoms. The maximum atomic E-state index is 11.8. The van der Waals surface area contributed by atoms with E-state index in [1.54, 1.807) is 0 Å². The molecule has 6 nitrogen and oxygen atoms in total. The summed E-state index contributed by atoms with van der Waals surface area (Å²) in [6.45, 7) is 0.488. The SMILES string of the molecule is O=C(NCCc1cc[nH]c1)c1ccnc(C(=O)O)c1. The number of aromatic carboxylic acids is 1. The molecule has 0 radical (unpaired) electrons. The molecule has 2 aromatic heterocycles. The molecule has 2 heterocycles. The Morgan fingerprint density at radius 1 is 1.37 bits per heavy atom. The number of hydrogen-bond acceptors (Lipinski definition) is 3. The van der Waals surface area contributed by atoms with Crippen LogP contribution >= 0.6 is 0 Å². The molecule has 0 aromatic carbocycles. The van der Waals surface area contributed by atoms with Crippen LogP contribution in [-0.2, 0) is 6.42 Å². The molecule has 6 heteroatoms. The first-order chi connectivity index (χ1) is 9.16. The van der Waals surface area contributed by atoms with Gasteiger partial charge in [-0.2, -0.15) is 0 Å². The number of carboxylic acid groups (broad SMARTS) is 1. The van der Waals surface area contributed by atoms with Gasteiger partial charge in [0.25, 0.3) is 5.91 Å². The molecule has 0 saturated heterocycles. The van der Waals surface area contributed by atoms with Crippen LogP contribution in [-0.4, -0.2) is 33.5 Å². The van der Waals surface area contributed by atoms with E-state index in [4.69, 9.17) is 5.11 Å². The number of nitrogens with zero attached hydrogens (tertiary/aromatic N) is 1. The molecule has 0 unspecified atom stereocenters. The van der Waals surface area contributed by atoms with Crippen LogP contribution < -0.4 is 5.32 Å². The number of rotatable bonds is 5. The molecule has 98 valence electrons. The number of amides is 1. The van der Waals surface area contributed by atoms with Gasteiger partial charge in [0, 0.05) is 30.7 Å². The largest absolute Gasteiger partial charge is 0.477 e. The van der Waals surface area contributed by atoms with Crippen molar-refractivity contribution in [3.63, 3.8) is 0 Å². The average Bonchev–Trinajstić information content (AvgIpc) is 2.92. The third-order valence-electron chi connectivity index (χ3n) is 2.60. The number of hydrogen-bond donors (Lipinski definition) is 3. The average molecular weight is 259 g/mol. The maximum absolute atomic E-state index is 11.8. The van der Waals surface area contributed by atoms with Crippen molar-refractivity contribution in [3.05, 3.63) is 53.6 Å². The Labute approximate surface area is 109 Å². The lowest BCUT2D eigenvalue weighted by atomic mass is 10.2. The molecule has 0 atom stereocenters. The van der Waals surface area contributed by atoms with Crippen molar-refractivity contribution in [2.24, 2.45) is 0 Å². The lowest BCUT2D eigenvalue weighted by Crippen LogP contribution is -2.26. The van der Waals surface area contributed by atoms with Gasteiger partial charge in [-0.25, -0.2) is 9.78 Å². The third kappa shape index (κ3) is 3.41. The fourth-order valence-corrected chi connectivity index (χ4v) is 1.63. The topological polar surface area (TPSA) is 95.1 Å². The molecule has 0 fully saturated rings. The van der Waals surface area contributed by atoms with Gasteiger partial charge in [-0.15, -0.1) is 0 Å². The highest BCUT2D eigenvalue weighted by molar-refractivity contribution is 5.96. The zero-order chi connectivity index (χ0) is 13.7. The van der Waals surface area contributed by atoms with Gasteiger partial charge in [0.05, 0.1) is 0 Å². The second-order valence-electron chi connectivity index (χ2n) is 3.96. The van der Waals surface area contributed by atoms with Crippen LogP contribution in [0.5, 0.6) is 0 Å². The Bertz CT molecular complexity index is 579. The number of aromatic nitrogens is 2. The molecule has 0 saturated carbocycles. The van der Waals surface area contributed by atoms with Gasteiger partial charge in [-0.1, -0.05) is 0 Å². The molecule has 2 aromatic rings. The van der Waals surface area contributed by atoms with E-state index in [1.165, 1.54) is 18.3 Å². The number of aromatic amines is 1. The molecule has 2 rings (SSSR count). The van der Waals surface area contributed by atoms with Gasteiger partial charge >= 0.3 is 5.97 Å². The second kappa shape index (κ2) is 5.81. The van der Waals surface area contributed by atoms with Crippen molar-refractivity contribution in [1.82, 2.24) is 15.3 Å². The Hall–Kier alpha value is -2.63. The number of carbonyl (C=O) groups is 2. The minimum absolute atomic E-state index is 0.140. The van der Waals surface area contributed by atoms with Crippen LogP contribution in [0.15, 0.2) is 36.8 Å². The Balaban J connectivity index is 1.92. The second-order valence-corrected chi connectivity index (χ2v) is 3.96. The van der Waals surface area contributed by atoms with Gasteiger partial charge < -0.3 is 15.4 Å². The number of carbonyl (C=O) groups excluding carboxylic acids is 1. The zero-order valence-corrected chi connectivity index (χ0v) is 10.1. The molecular weight excluding hydrogens is 246 g/mol. The fourth-order valence-electron chi connectivity index (χ4n) is 1.63.